The molecule has 1 saturated heterocycles. The van der Waals surface area contributed by atoms with Crippen molar-refractivity contribution in [2.75, 3.05) is 36.4 Å². The molecule has 0 aromatic heterocycles. The molecule has 1 aliphatic heterocycles. The first-order chi connectivity index (χ1) is 12.3. The number of sulfonamides is 1. The van der Waals surface area contributed by atoms with Crippen LogP contribution in [0.2, 0.25) is 0 Å². The number of rotatable bonds is 3. The largest absolute Gasteiger partial charge is 0.506 e. The first kappa shape index (κ1) is 18.0. The molecule has 0 aliphatic carbocycles. The van der Waals surface area contributed by atoms with Crippen LogP contribution in [-0.2, 0) is 10.0 Å². The van der Waals surface area contributed by atoms with Crippen molar-refractivity contribution in [3.8, 4) is 5.75 Å². The molecule has 1 heterocycles. The van der Waals surface area contributed by atoms with Crippen LogP contribution >= 0.6 is 0 Å². The summed E-state index contributed by atoms with van der Waals surface area (Å²) < 4.78 is 22.5. The first-order valence-electron chi connectivity index (χ1n) is 8.06. The predicted molar refractivity (Wildman–Crippen MR) is 98.7 cm³/mol. The van der Waals surface area contributed by atoms with E-state index >= 15 is 0 Å². The average Bonchev–Trinajstić information content (AvgIpc) is 2.62. The van der Waals surface area contributed by atoms with Gasteiger partial charge in [-0.05, 0) is 36.4 Å². The number of benzene rings is 2. The highest BCUT2D eigenvalue weighted by Crippen LogP contribution is 2.27. The van der Waals surface area contributed by atoms with Crippen LogP contribution in [-0.4, -0.2) is 50.6 Å². The van der Waals surface area contributed by atoms with Crippen LogP contribution in [0.15, 0.2) is 53.4 Å². The van der Waals surface area contributed by atoms with Gasteiger partial charge in [0.05, 0.1) is 10.6 Å². The highest BCUT2D eigenvalue weighted by Gasteiger charge is 2.22. The van der Waals surface area contributed by atoms with Crippen LogP contribution in [0.3, 0.4) is 0 Å². The fourth-order valence-electron chi connectivity index (χ4n) is 2.81. The maximum atomic E-state index is 12.4. The molecule has 0 radical (unpaired) electrons. The number of aromatic hydroxyl groups is 1. The Labute approximate surface area is 151 Å². The number of phenols is 1. The summed E-state index contributed by atoms with van der Waals surface area (Å²) in [5.41, 5.74) is 1.25. The van der Waals surface area contributed by atoms with E-state index in [9.17, 15) is 18.3 Å². The zero-order valence-corrected chi connectivity index (χ0v) is 14.8. The molecule has 1 aliphatic rings. The number of phenolic OH excluding ortho intramolecular Hbond substituents is 1. The van der Waals surface area contributed by atoms with Crippen molar-refractivity contribution < 1.29 is 18.3 Å². The molecule has 2 aromatic rings. The Morgan fingerprint density at radius 3 is 2.19 bits per heavy atom. The van der Waals surface area contributed by atoms with E-state index in [2.05, 4.69) is 5.32 Å². The van der Waals surface area contributed by atoms with E-state index in [-0.39, 0.29) is 16.7 Å². The summed E-state index contributed by atoms with van der Waals surface area (Å²) >= 11 is 0. The van der Waals surface area contributed by atoms with E-state index < -0.39 is 10.0 Å². The van der Waals surface area contributed by atoms with E-state index in [1.165, 1.54) is 24.3 Å². The number of carbonyl (C=O) groups excluding carboxylic acids is 1. The van der Waals surface area contributed by atoms with Gasteiger partial charge in [-0.15, -0.1) is 0 Å². The number of hydrogen-bond donors (Lipinski definition) is 3. The number of nitrogens with one attached hydrogen (secondary N) is 1. The number of para-hydroxylation sites is 2. The van der Waals surface area contributed by atoms with Gasteiger partial charge in [-0.3, -0.25) is 0 Å². The second-order valence-electron chi connectivity index (χ2n) is 5.96. The number of anilines is 2. The molecular weight excluding hydrogens is 356 g/mol. The van der Waals surface area contributed by atoms with Crippen molar-refractivity contribution >= 4 is 27.4 Å². The van der Waals surface area contributed by atoms with Crippen LogP contribution < -0.4 is 15.4 Å². The number of primary sulfonamides is 1. The molecule has 2 aromatic carbocycles. The summed E-state index contributed by atoms with van der Waals surface area (Å²) in [4.78, 5) is 16.1. The number of urea groups is 1. The molecule has 0 bridgehead atoms. The lowest BCUT2D eigenvalue weighted by Crippen LogP contribution is -2.50. The topological polar surface area (TPSA) is 116 Å². The summed E-state index contributed by atoms with van der Waals surface area (Å²) in [7, 11) is -3.75. The Hall–Kier alpha value is -2.78. The lowest BCUT2D eigenvalue weighted by atomic mass is 10.2. The normalized spacial score (nSPS) is 15.0. The van der Waals surface area contributed by atoms with E-state index in [4.69, 9.17) is 5.14 Å². The first-order valence-corrected chi connectivity index (χ1v) is 9.61. The minimum Gasteiger partial charge on any atom is -0.506 e. The number of nitrogens with two attached hydrogens (primary N) is 1. The minimum atomic E-state index is -3.75. The SMILES string of the molecule is NS(=O)(=O)c1ccc(NC(=O)N2CCN(c3ccccc3O)CC2)cc1. The van der Waals surface area contributed by atoms with Gasteiger partial charge < -0.3 is 20.2 Å². The molecule has 4 N–H and O–H groups in total. The molecule has 26 heavy (non-hydrogen) atoms. The van der Waals surface area contributed by atoms with Crippen molar-refractivity contribution in [1.82, 2.24) is 4.90 Å². The molecular formula is C17H20N4O4S. The Kier molecular flexibility index (Phi) is 5.01. The van der Waals surface area contributed by atoms with Gasteiger partial charge in [0.1, 0.15) is 5.75 Å². The molecule has 0 unspecified atom stereocenters. The fraction of sp³-hybridized carbons (Fsp3) is 0.235. The van der Waals surface area contributed by atoms with Gasteiger partial charge in [-0.1, -0.05) is 12.1 Å². The Morgan fingerprint density at radius 2 is 1.62 bits per heavy atom. The van der Waals surface area contributed by atoms with Gasteiger partial charge in [0.25, 0.3) is 0 Å². The molecule has 0 spiro atoms. The summed E-state index contributed by atoms with van der Waals surface area (Å²) in [6.07, 6.45) is 0. The molecule has 3 rings (SSSR count). The Morgan fingerprint density at radius 1 is 1.00 bits per heavy atom. The maximum absolute atomic E-state index is 12.4. The zero-order chi connectivity index (χ0) is 18.7. The molecule has 2 amide bonds. The van der Waals surface area contributed by atoms with Gasteiger partial charge in [-0.2, -0.15) is 0 Å². The zero-order valence-electron chi connectivity index (χ0n) is 14.0. The van der Waals surface area contributed by atoms with Crippen LogP contribution in [0.25, 0.3) is 0 Å². The van der Waals surface area contributed by atoms with E-state index in [0.29, 0.717) is 31.9 Å². The Balaban J connectivity index is 1.58. The van der Waals surface area contributed by atoms with Crippen LogP contribution in [0.5, 0.6) is 5.75 Å². The lowest BCUT2D eigenvalue weighted by Gasteiger charge is -2.36. The number of carbonyl (C=O) groups is 1. The predicted octanol–water partition coefficient (Wildman–Crippen LogP) is 1.39. The third-order valence-corrected chi connectivity index (χ3v) is 5.15. The van der Waals surface area contributed by atoms with Gasteiger partial charge in [0, 0.05) is 31.9 Å². The van der Waals surface area contributed by atoms with Crippen molar-refractivity contribution in [2.45, 2.75) is 4.90 Å². The quantitative estimate of drug-likeness (QED) is 0.749. The van der Waals surface area contributed by atoms with Crippen LogP contribution in [0.4, 0.5) is 16.2 Å². The summed E-state index contributed by atoms with van der Waals surface area (Å²) in [6, 6.07) is 12.5. The second kappa shape index (κ2) is 7.22. The second-order valence-corrected chi connectivity index (χ2v) is 7.52. The van der Waals surface area contributed by atoms with Crippen LogP contribution in [0, 0.1) is 0 Å². The summed E-state index contributed by atoms with van der Waals surface area (Å²) in [5, 5.41) is 17.7. The lowest BCUT2D eigenvalue weighted by molar-refractivity contribution is 0.208. The van der Waals surface area contributed by atoms with Gasteiger partial charge in [0.2, 0.25) is 10.0 Å². The molecule has 9 heteroatoms. The van der Waals surface area contributed by atoms with E-state index in [1.54, 1.807) is 17.0 Å². The third-order valence-electron chi connectivity index (χ3n) is 4.22. The number of piperazine rings is 1. The van der Waals surface area contributed by atoms with Crippen molar-refractivity contribution in [1.29, 1.82) is 0 Å². The standard InChI is InChI=1S/C17H20N4O4S/c18-26(24,25)14-7-5-13(6-8-14)19-17(23)21-11-9-20(10-12-21)15-3-1-2-4-16(15)22/h1-8,22H,9-12H2,(H,19,23)(H2,18,24,25). The Bertz CT molecular complexity index is 891. The highest BCUT2D eigenvalue weighted by molar-refractivity contribution is 7.89. The van der Waals surface area contributed by atoms with E-state index in [1.807, 2.05) is 17.0 Å². The van der Waals surface area contributed by atoms with Crippen molar-refractivity contribution in [3.05, 3.63) is 48.5 Å². The van der Waals surface area contributed by atoms with Gasteiger partial charge >= 0.3 is 6.03 Å². The van der Waals surface area contributed by atoms with E-state index in [0.717, 1.165) is 5.69 Å². The van der Waals surface area contributed by atoms with Gasteiger partial charge in [0.15, 0.2) is 0 Å². The average molecular weight is 376 g/mol. The minimum absolute atomic E-state index is 0.00761. The number of nitrogens with zero attached hydrogens (tertiary/aromatic N) is 2. The smallest absolute Gasteiger partial charge is 0.321 e. The number of hydrogen-bond acceptors (Lipinski definition) is 5. The molecule has 0 atom stereocenters. The third kappa shape index (κ3) is 4.06. The molecule has 8 nitrogen and oxygen atoms in total. The molecule has 1 fully saturated rings. The monoisotopic (exact) mass is 376 g/mol. The fourth-order valence-corrected chi connectivity index (χ4v) is 3.33. The van der Waals surface area contributed by atoms with Crippen molar-refractivity contribution in [3.63, 3.8) is 0 Å². The summed E-state index contributed by atoms with van der Waals surface area (Å²) in [6.45, 7) is 2.23. The highest BCUT2D eigenvalue weighted by atomic mass is 32.2. The molecule has 0 saturated carbocycles. The van der Waals surface area contributed by atoms with Crippen LogP contribution in [0.1, 0.15) is 0 Å². The molecule has 138 valence electrons. The van der Waals surface area contributed by atoms with Crippen molar-refractivity contribution in [2.24, 2.45) is 5.14 Å². The van der Waals surface area contributed by atoms with Gasteiger partial charge in [-0.25, -0.2) is 18.4 Å². The summed E-state index contributed by atoms with van der Waals surface area (Å²) in [5.74, 6) is 0.223. The number of amides is 2. The maximum Gasteiger partial charge on any atom is 0.321 e.